The molecule has 1 rings (SSSR count). The maximum absolute atomic E-state index is 12.4. The van der Waals surface area contributed by atoms with Gasteiger partial charge in [0.2, 0.25) is 0 Å². The van der Waals surface area contributed by atoms with E-state index in [0.717, 1.165) is 5.69 Å². The number of rotatable bonds is 2. The highest BCUT2D eigenvalue weighted by Crippen LogP contribution is 2.07. The maximum Gasteiger partial charge on any atom is 0.123 e. The summed E-state index contributed by atoms with van der Waals surface area (Å²) in [6.07, 6.45) is -0.111. The minimum Gasteiger partial charge on any atom is -0.370 e. The molecule has 0 aliphatic heterocycles. The fourth-order valence-electron chi connectivity index (χ4n) is 0.809. The third kappa shape index (κ3) is 2.55. The molecule has 3 N–H and O–H groups in total. The minimum atomic E-state index is -0.236. The van der Waals surface area contributed by atoms with Gasteiger partial charge in [-0.3, -0.25) is 0 Å². The molecule has 1 aromatic rings. The van der Waals surface area contributed by atoms with E-state index >= 15 is 0 Å². The summed E-state index contributed by atoms with van der Waals surface area (Å²) in [5, 5.41) is 2.94. The van der Waals surface area contributed by atoms with Crippen LogP contribution in [0, 0.1) is 5.82 Å². The number of hydrogen-bond donors (Lipinski definition) is 2. The Kier molecular flexibility index (Phi) is 2.44. The number of halogens is 1. The van der Waals surface area contributed by atoms with E-state index in [1.807, 2.05) is 6.92 Å². The first kappa shape index (κ1) is 8.01. The lowest BCUT2D eigenvalue weighted by Gasteiger charge is -2.08. The third-order valence-electron chi connectivity index (χ3n) is 1.24. The molecule has 1 unspecified atom stereocenters. The van der Waals surface area contributed by atoms with Crippen molar-refractivity contribution in [2.75, 3.05) is 5.32 Å². The molecule has 0 aliphatic carbocycles. The molecule has 1 atom stereocenters. The first-order valence-electron chi connectivity index (χ1n) is 3.46. The standard InChI is InChI=1S/C8H11FN2/c1-6(10)11-8-4-2-7(9)3-5-8/h2-6,11H,10H2,1H3. The van der Waals surface area contributed by atoms with Crippen molar-refractivity contribution in [2.45, 2.75) is 13.1 Å². The highest BCUT2D eigenvalue weighted by molar-refractivity contribution is 5.43. The van der Waals surface area contributed by atoms with Gasteiger partial charge in [-0.25, -0.2) is 4.39 Å². The zero-order valence-corrected chi connectivity index (χ0v) is 6.34. The molecule has 60 valence electrons. The van der Waals surface area contributed by atoms with E-state index in [0.29, 0.717) is 0 Å². The zero-order valence-electron chi connectivity index (χ0n) is 6.34. The molecule has 0 amide bonds. The fourth-order valence-corrected chi connectivity index (χ4v) is 0.809. The van der Waals surface area contributed by atoms with Crippen molar-refractivity contribution in [2.24, 2.45) is 5.73 Å². The van der Waals surface area contributed by atoms with E-state index in [1.54, 1.807) is 12.1 Å². The Balaban J connectivity index is 2.66. The van der Waals surface area contributed by atoms with E-state index in [9.17, 15) is 4.39 Å². The summed E-state index contributed by atoms with van der Waals surface area (Å²) in [6.45, 7) is 1.82. The molecule has 0 saturated heterocycles. The van der Waals surface area contributed by atoms with Gasteiger partial charge in [0, 0.05) is 5.69 Å². The second-order valence-corrected chi connectivity index (χ2v) is 2.44. The van der Waals surface area contributed by atoms with Gasteiger partial charge in [-0.05, 0) is 31.2 Å². The summed E-state index contributed by atoms with van der Waals surface area (Å²) in [7, 11) is 0. The lowest BCUT2D eigenvalue weighted by atomic mass is 10.3. The number of anilines is 1. The highest BCUT2D eigenvalue weighted by Gasteiger charge is 1.94. The topological polar surface area (TPSA) is 38.0 Å². The quantitative estimate of drug-likeness (QED) is 0.634. The van der Waals surface area contributed by atoms with Crippen molar-refractivity contribution < 1.29 is 4.39 Å². The Morgan fingerprint density at radius 2 is 1.91 bits per heavy atom. The summed E-state index contributed by atoms with van der Waals surface area (Å²) in [4.78, 5) is 0. The summed E-state index contributed by atoms with van der Waals surface area (Å²) in [5.41, 5.74) is 6.29. The summed E-state index contributed by atoms with van der Waals surface area (Å²) in [6, 6.07) is 6.09. The van der Waals surface area contributed by atoms with Crippen LogP contribution in [0.4, 0.5) is 10.1 Å². The van der Waals surface area contributed by atoms with E-state index in [1.165, 1.54) is 12.1 Å². The molecule has 2 nitrogen and oxygen atoms in total. The Morgan fingerprint density at radius 3 is 2.36 bits per heavy atom. The van der Waals surface area contributed by atoms with Crippen molar-refractivity contribution in [1.82, 2.24) is 0 Å². The number of benzene rings is 1. The van der Waals surface area contributed by atoms with Crippen LogP contribution in [0.2, 0.25) is 0 Å². The van der Waals surface area contributed by atoms with Crippen LogP contribution in [0.1, 0.15) is 6.92 Å². The smallest absolute Gasteiger partial charge is 0.123 e. The van der Waals surface area contributed by atoms with Gasteiger partial charge in [-0.1, -0.05) is 0 Å². The second kappa shape index (κ2) is 3.34. The van der Waals surface area contributed by atoms with E-state index in [2.05, 4.69) is 5.32 Å². The molecule has 0 fully saturated rings. The molecule has 0 saturated carbocycles. The Labute approximate surface area is 65.2 Å². The first-order valence-corrected chi connectivity index (χ1v) is 3.46. The molecule has 0 heterocycles. The predicted molar refractivity (Wildman–Crippen MR) is 43.7 cm³/mol. The number of nitrogens with two attached hydrogens (primary N) is 1. The molecule has 0 aromatic heterocycles. The monoisotopic (exact) mass is 154 g/mol. The van der Waals surface area contributed by atoms with E-state index in [-0.39, 0.29) is 12.0 Å². The molecule has 3 heteroatoms. The van der Waals surface area contributed by atoms with Crippen LogP contribution in [0.3, 0.4) is 0 Å². The SMILES string of the molecule is CC(N)Nc1ccc(F)cc1. The molecular weight excluding hydrogens is 143 g/mol. The normalized spacial score (nSPS) is 12.6. The average Bonchev–Trinajstić information content (AvgIpc) is 1.93. The van der Waals surface area contributed by atoms with Crippen LogP contribution in [0.25, 0.3) is 0 Å². The van der Waals surface area contributed by atoms with Crippen LogP contribution in [-0.4, -0.2) is 6.17 Å². The largest absolute Gasteiger partial charge is 0.370 e. The minimum absolute atomic E-state index is 0.111. The van der Waals surface area contributed by atoms with Gasteiger partial charge >= 0.3 is 0 Å². The lowest BCUT2D eigenvalue weighted by Crippen LogP contribution is -2.24. The van der Waals surface area contributed by atoms with Gasteiger partial charge in [-0.15, -0.1) is 0 Å². The molecular formula is C8H11FN2. The molecule has 0 spiro atoms. The van der Waals surface area contributed by atoms with Gasteiger partial charge in [0.25, 0.3) is 0 Å². The van der Waals surface area contributed by atoms with Crippen LogP contribution in [0.15, 0.2) is 24.3 Å². The van der Waals surface area contributed by atoms with Crippen molar-refractivity contribution in [3.05, 3.63) is 30.1 Å². The number of hydrogen-bond acceptors (Lipinski definition) is 2. The summed E-state index contributed by atoms with van der Waals surface area (Å²) in [5.74, 6) is -0.236. The van der Waals surface area contributed by atoms with E-state index in [4.69, 9.17) is 5.73 Å². The maximum atomic E-state index is 12.4. The second-order valence-electron chi connectivity index (χ2n) is 2.44. The average molecular weight is 154 g/mol. The Morgan fingerprint density at radius 1 is 1.36 bits per heavy atom. The summed E-state index contributed by atoms with van der Waals surface area (Å²) >= 11 is 0. The van der Waals surface area contributed by atoms with Crippen LogP contribution < -0.4 is 11.1 Å². The number of nitrogens with one attached hydrogen (secondary N) is 1. The fraction of sp³-hybridized carbons (Fsp3) is 0.250. The lowest BCUT2D eigenvalue weighted by molar-refractivity contribution is 0.628. The van der Waals surface area contributed by atoms with Gasteiger partial charge in [0.05, 0.1) is 6.17 Å². The first-order chi connectivity index (χ1) is 5.18. The highest BCUT2D eigenvalue weighted by atomic mass is 19.1. The van der Waals surface area contributed by atoms with Crippen molar-refractivity contribution >= 4 is 5.69 Å². The molecule has 0 radical (unpaired) electrons. The Hall–Kier alpha value is -1.09. The van der Waals surface area contributed by atoms with Gasteiger partial charge < -0.3 is 11.1 Å². The van der Waals surface area contributed by atoms with Crippen molar-refractivity contribution in [3.8, 4) is 0 Å². The van der Waals surface area contributed by atoms with Gasteiger partial charge in [0.15, 0.2) is 0 Å². The van der Waals surface area contributed by atoms with E-state index < -0.39 is 0 Å². The summed E-state index contributed by atoms with van der Waals surface area (Å²) < 4.78 is 12.4. The Bertz CT molecular complexity index is 218. The van der Waals surface area contributed by atoms with Crippen LogP contribution in [-0.2, 0) is 0 Å². The molecule has 0 aliphatic rings. The molecule has 0 bridgehead atoms. The van der Waals surface area contributed by atoms with Crippen molar-refractivity contribution in [3.63, 3.8) is 0 Å². The van der Waals surface area contributed by atoms with Gasteiger partial charge in [0.1, 0.15) is 5.82 Å². The van der Waals surface area contributed by atoms with Crippen LogP contribution in [0.5, 0.6) is 0 Å². The van der Waals surface area contributed by atoms with Crippen LogP contribution >= 0.6 is 0 Å². The molecule has 11 heavy (non-hydrogen) atoms. The zero-order chi connectivity index (χ0) is 8.27. The molecule has 1 aromatic carbocycles. The van der Waals surface area contributed by atoms with Gasteiger partial charge in [-0.2, -0.15) is 0 Å². The predicted octanol–water partition coefficient (Wildman–Crippen LogP) is 1.54. The van der Waals surface area contributed by atoms with Crippen molar-refractivity contribution in [1.29, 1.82) is 0 Å². The third-order valence-corrected chi connectivity index (χ3v) is 1.24.